The quantitative estimate of drug-likeness (QED) is 0.337. The number of hydrogen-bond acceptors (Lipinski definition) is 0. The standard InChI is InChI=1S/C23H17Cl/c1-2-5-19-15-22(24)10-11-23(19)20-9-8-18-12-16-6-3-4-7-17(16)13-21(18)14-20/h2-15H,1H3. The van der Waals surface area contributed by atoms with Crippen LogP contribution in [0, 0.1) is 0 Å². The molecule has 0 N–H and O–H groups in total. The van der Waals surface area contributed by atoms with Crippen LogP contribution in [0.5, 0.6) is 0 Å². The molecule has 0 saturated carbocycles. The summed E-state index contributed by atoms with van der Waals surface area (Å²) in [5, 5.41) is 5.83. The lowest BCUT2D eigenvalue weighted by Gasteiger charge is -2.09. The molecule has 0 spiro atoms. The fourth-order valence-electron chi connectivity index (χ4n) is 3.22. The molecular formula is C23H17Cl. The molecule has 4 aromatic carbocycles. The first-order chi connectivity index (χ1) is 11.7. The zero-order valence-electron chi connectivity index (χ0n) is 13.5. The van der Waals surface area contributed by atoms with Gasteiger partial charge in [0.25, 0.3) is 0 Å². The maximum atomic E-state index is 6.17. The van der Waals surface area contributed by atoms with Crippen LogP contribution >= 0.6 is 11.6 Å². The number of rotatable bonds is 2. The lowest BCUT2D eigenvalue weighted by Crippen LogP contribution is -1.85. The van der Waals surface area contributed by atoms with Crippen LogP contribution in [0.1, 0.15) is 12.5 Å². The minimum Gasteiger partial charge on any atom is -0.0870 e. The van der Waals surface area contributed by atoms with E-state index in [2.05, 4.69) is 66.7 Å². The SMILES string of the molecule is CC=Cc1cc(Cl)ccc1-c1ccc2cc3ccccc3cc2c1. The van der Waals surface area contributed by atoms with Gasteiger partial charge in [-0.2, -0.15) is 0 Å². The molecule has 0 saturated heterocycles. The molecule has 1 heteroatoms. The van der Waals surface area contributed by atoms with Gasteiger partial charge in [0, 0.05) is 5.02 Å². The van der Waals surface area contributed by atoms with E-state index in [1.54, 1.807) is 0 Å². The molecular weight excluding hydrogens is 312 g/mol. The van der Waals surface area contributed by atoms with Crippen LogP contribution in [0.25, 0.3) is 38.7 Å². The van der Waals surface area contributed by atoms with Crippen molar-refractivity contribution in [1.29, 1.82) is 0 Å². The molecule has 0 heterocycles. The third kappa shape index (κ3) is 2.70. The summed E-state index contributed by atoms with van der Waals surface area (Å²) in [6.45, 7) is 2.03. The van der Waals surface area contributed by atoms with Crippen molar-refractivity contribution in [3.05, 3.63) is 89.5 Å². The van der Waals surface area contributed by atoms with Crippen molar-refractivity contribution in [2.45, 2.75) is 6.92 Å². The van der Waals surface area contributed by atoms with E-state index in [0.717, 1.165) is 10.6 Å². The minimum atomic E-state index is 0.763. The molecule has 0 atom stereocenters. The number of benzene rings is 4. The lowest BCUT2D eigenvalue weighted by molar-refractivity contribution is 1.60. The second kappa shape index (κ2) is 6.14. The highest BCUT2D eigenvalue weighted by Gasteiger charge is 2.06. The predicted molar refractivity (Wildman–Crippen MR) is 107 cm³/mol. The molecule has 0 unspecified atom stereocenters. The van der Waals surface area contributed by atoms with Gasteiger partial charge in [-0.1, -0.05) is 66.2 Å². The van der Waals surface area contributed by atoms with Crippen molar-refractivity contribution in [2.75, 3.05) is 0 Å². The maximum absolute atomic E-state index is 6.17. The summed E-state index contributed by atoms with van der Waals surface area (Å²) in [6.07, 6.45) is 4.15. The third-order valence-corrected chi connectivity index (χ3v) is 4.61. The first-order valence-corrected chi connectivity index (χ1v) is 8.47. The molecule has 0 radical (unpaired) electrons. The molecule has 24 heavy (non-hydrogen) atoms. The molecule has 0 aromatic heterocycles. The number of allylic oxidation sites excluding steroid dienone is 1. The largest absolute Gasteiger partial charge is 0.0870 e. The number of fused-ring (bicyclic) bond motifs is 2. The predicted octanol–water partition coefficient (Wildman–Crippen LogP) is 7.35. The van der Waals surface area contributed by atoms with Crippen LogP contribution in [0.15, 0.2) is 78.9 Å². The summed E-state index contributed by atoms with van der Waals surface area (Å²) >= 11 is 6.17. The van der Waals surface area contributed by atoms with Crippen LogP contribution in [-0.2, 0) is 0 Å². The molecule has 0 bridgehead atoms. The molecule has 4 aromatic rings. The summed E-state index contributed by atoms with van der Waals surface area (Å²) < 4.78 is 0. The van der Waals surface area contributed by atoms with Crippen LogP contribution in [0.2, 0.25) is 5.02 Å². The summed E-state index contributed by atoms with van der Waals surface area (Å²) in [7, 11) is 0. The van der Waals surface area contributed by atoms with Crippen LogP contribution in [-0.4, -0.2) is 0 Å². The van der Waals surface area contributed by atoms with Gasteiger partial charge < -0.3 is 0 Å². The Balaban J connectivity index is 1.93. The van der Waals surface area contributed by atoms with E-state index in [1.165, 1.54) is 32.7 Å². The maximum Gasteiger partial charge on any atom is 0.0412 e. The molecule has 116 valence electrons. The monoisotopic (exact) mass is 328 g/mol. The Bertz CT molecular complexity index is 1070. The molecule has 4 rings (SSSR count). The van der Waals surface area contributed by atoms with Crippen molar-refractivity contribution in [2.24, 2.45) is 0 Å². The average molecular weight is 329 g/mol. The number of halogens is 1. The Morgan fingerprint density at radius 1 is 0.708 bits per heavy atom. The second-order valence-corrected chi connectivity index (χ2v) is 6.43. The Labute approximate surface area is 147 Å². The molecule has 0 nitrogen and oxygen atoms in total. The fraction of sp³-hybridized carbons (Fsp3) is 0.0435. The second-order valence-electron chi connectivity index (χ2n) is 5.99. The van der Waals surface area contributed by atoms with E-state index in [9.17, 15) is 0 Å². The molecule has 0 aliphatic heterocycles. The molecule has 0 fully saturated rings. The summed E-state index contributed by atoms with van der Waals surface area (Å²) in [4.78, 5) is 0. The highest BCUT2D eigenvalue weighted by Crippen LogP contribution is 2.31. The van der Waals surface area contributed by atoms with Gasteiger partial charge in [0.2, 0.25) is 0 Å². The van der Waals surface area contributed by atoms with Crippen molar-refractivity contribution in [1.82, 2.24) is 0 Å². The van der Waals surface area contributed by atoms with Gasteiger partial charge in [-0.15, -0.1) is 0 Å². The Morgan fingerprint density at radius 2 is 1.42 bits per heavy atom. The third-order valence-electron chi connectivity index (χ3n) is 4.38. The fourth-order valence-corrected chi connectivity index (χ4v) is 3.40. The Kier molecular flexibility index (Phi) is 3.84. The average Bonchev–Trinajstić information content (AvgIpc) is 2.60. The highest BCUT2D eigenvalue weighted by atomic mass is 35.5. The first-order valence-electron chi connectivity index (χ1n) is 8.10. The van der Waals surface area contributed by atoms with E-state index >= 15 is 0 Å². The van der Waals surface area contributed by atoms with Crippen molar-refractivity contribution < 1.29 is 0 Å². The van der Waals surface area contributed by atoms with Crippen molar-refractivity contribution in [3.63, 3.8) is 0 Å². The lowest BCUT2D eigenvalue weighted by atomic mass is 9.95. The van der Waals surface area contributed by atoms with Gasteiger partial charge in [-0.3, -0.25) is 0 Å². The molecule has 0 amide bonds. The summed E-state index contributed by atoms with van der Waals surface area (Å²) in [5.74, 6) is 0. The smallest absolute Gasteiger partial charge is 0.0412 e. The number of hydrogen-bond donors (Lipinski definition) is 0. The van der Waals surface area contributed by atoms with Crippen molar-refractivity contribution >= 4 is 39.2 Å². The van der Waals surface area contributed by atoms with E-state index in [1.807, 2.05) is 25.1 Å². The zero-order chi connectivity index (χ0) is 16.5. The van der Waals surface area contributed by atoms with Gasteiger partial charge in [0.05, 0.1) is 0 Å². The highest BCUT2D eigenvalue weighted by molar-refractivity contribution is 6.30. The van der Waals surface area contributed by atoms with Gasteiger partial charge >= 0.3 is 0 Å². The van der Waals surface area contributed by atoms with Crippen LogP contribution in [0.4, 0.5) is 0 Å². The molecule has 0 aliphatic rings. The van der Waals surface area contributed by atoms with Crippen molar-refractivity contribution in [3.8, 4) is 11.1 Å². The van der Waals surface area contributed by atoms with E-state index in [-0.39, 0.29) is 0 Å². The van der Waals surface area contributed by atoms with Gasteiger partial charge in [-0.25, -0.2) is 0 Å². The van der Waals surface area contributed by atoms with Crippen LogP contribution < -0.4 is 0 Å². The van der Waals surface area contributed by atoms with E-state index < -0.39 is 0 Å². The summed E-state index contributed by atoms with van der Waals surface area (Å²) in [5.41, 5.74) is 3.56. The van der Waals surface area contributed by atoms with E-state index in [4.69, 9.17) is 11.6 Å². The summed E-state index contributed by atoms with van der Waals surface area (Å²) in [6, 6.07) is 25.7. The zero-order valence-corrected chi connectivity index (χ0v) is 14.2. The topological polar surface area (TPSA) is 0 Å². The Morgan fingerprint density at radius 3 is 2.17 bits per heavy atom. The minimum absolute atomic E-state index is 0.763. The first kappa shape index (κ1) is 15.0. The molecule has 0 aliphatic carbocycles. The Hall–Kier alpha value is -2.57. The van der Waals surface area contributed by atoms with Gasteiger partial charge in [0.15, 0.2) is 0 Å². The van der Waals surface area contributed by atoms with Gasteiger partial charge in [-0.05, 0) is 75.5 Å². The van der Waals surface area contributed by atoms with Gasteiger partial charge in [0.1, 0.15) is 0 Å². The van der Waals surface area contributed by atoms with Crippen LogP contribution in [0.3, 0.4) is 0 Å². The van der Waals surface area contributed by atoms with E-state index in [0.29, 0.717) is 0 Å². The normalized spacial score (nSPS) is 11.6.